The van der Waals surface area contributed by atoms with Crippen molar-refractivity contribution in [3.8, 4) is 11.5 Å². The van der Waals surface area contributed by atoms with Gasteiger partial charge in [-0.05, 0) is 57.0 Å². The lowest BCUT2D eigenvalue weighted by molar-refractivity contribution is 0.0905. The van der Waals surface area contributed by atoms with Crippen LogP contribution in [0.15, 0.2) is 42.5 Å². The van der Waals surface area contributed by atoms with Crippen molar-refractivity contribution in [3.05, 3.63) is 58.1 Å². The molecule has 1 aliphatic heterocycles. The molecule has 2 aromatic carbocycles. The van der Waals surface area contributed by atoms with E-state index in [1.807, 2.05) is 6.07 Å². The molecule has 10 heteroatoms. The number of piperidine rings is 1. The summed E-state index contributed by atoms with van der Waals surface area (Å²) in [4.78, 5) is 26.4. The minimum atomic E-state index is -0.482. The Kier molecular flexibility index (Phi) is 11.0. The lowest BCUT2D eigenvalue weighted by Crippen LogP contribution is -2.42. The molecule has 2 amide bonds. The first-order chi connectivity index (χ1) is 17.3. The first-order valence-corrected chi connectivity index (χ1v) is 12.9. The molecule has 8 nitrogen and oxygen atoms in total. The Morgan fingerprint density at radius 1 is 1.00 bits per heavy atom. The Bertz CT molecular complexity index is 1010. The highest BCUT2D eigenvalue weighted by atomic mass is 35.5. The van der Waals surface area contributed by atoms with Gasteiger partial charge in [-0.2, -0.15) is 0 Å². The summed E-state index contributed by atoms with van der Waals surface area (Å²) in [5, 5.41) is 6.58. The lowest BCUT2D eigenvalue weighted by atomic mass is 10.1. The van der Waals surface area contributed by atoms with Crippen LogP contribution in [-0.2, 0) is 4.74 Å². The molecule has 196 valence electrons. The largest absolute Gasteiger partial charge is 0.492 e. The zero-order valence-electron chi connectivity index (χ0n) is 20.6. The van der Waals surface area contributed by atoms with Gasteiger partial charge in [0.1, 0.15) is 24.2 Å². The van der Waals surface area contributed by atoms with Gasteiger partial charge in [-0.25, -0.2) is 4.79 Å². The van der Waals surface area contributed by atoms with Gasteiger partial charge in [0.05, 0.1) is 22.7 Å². The fourth-order valence-corrected chi connectivity index (χ4v) is 4.02. The number of rotatable bonds is 11. The molecule has 0 atom stereocenters. The normalized spacial score (nSPS) is 14.4. The Morgan fingerprint density at radius 2 is 1.78 bits per heavy atom. The maximum Gasteiger partial charge on any atom is 0.407 e. The molecule has 0 radical (unpaired) electrons. The number of ether oxygens (including phenoxy) is 3. The van der Waals surface area contributed by atoms with Crippen molar-refractivity contribution in [2.24, 2.45) is 0 Å². The molecule has 0 spiro atoms. The van der Waals surface area contributed by atoms with E-state index in [2.05, 4.69) is 15.5 Å². The minimum absolute atomic E-state index is 0.131. The van der Waals surface area contributed by atoms with Crippen molar-refractivity contribution in [1.82, 2.24) is 15.5 Å². The third-order valence-electron chi connectivity index (χ3n) is 5.52. The highest BCUT2D eigenvalue weighted by Gasteiger charge is 2.21. The number of halogens is 2. The standard InChI is InChI=1S/C26H33Cl2N3O5/c1-18(2)35-26(33)30-11-15-34-21-5-3-4-19(16-21)25(32)29-10-14-31-12-8-20(9-13-31)36-22-6-7-23(27)24(28)17-22/h3-7,16-18,20H,8-15H2,1-2H3,(H,29,32)(H,30,33). The molecule has 0 bridgehead atoms. The van der Waals surface area contributed by atoms with Crippen LogP contribution in [0, 0.1) is 0 Å². The number of nitrogens with zero attached hydrogens (tertiary/aromatic N) is 1. The summed E-state index contributed by atoms with van der Waals surface area (Å²) in [5.41, 5.74) is 0.522. The van der Waals surface area contributed by atoms with Crippen LogP contribution in [0.1, 0.15) is 37.0 Å². The van der Waals surface area contributed by atoms with Crippen molar-refractivity contribution in [2.75, 3.05) is 39.3 Å². The van der Waals surface area contributed by atoms with Gasteiger partial charge in [0.15, 0.2) is 0 Å². The van der Waals surface area contributed by atoms with Gasteiger partial charge < -0.3 is 29.7 Å². The number of carbonyl (C=O) groups excluding carboxylic acids is 2. The molecule has 0 unspecified atom stereocenters. The van der Waals surface area contributed by atoms with Crippen LogP contribution in [0.3, 0.4) is 0 Å². The first-order valence-electron chi connectivity index (χ1n) is 12.1. The van der Waals surface area contributed by atoms with Crippen LogP contribution in [0.25, 0.3) is 0 Å². The maximum atomic E-state index is 12.6. The molecule has 2 aromatic rings. The predicted octanol–water partition coefficient (Wildman–Crippen LogP) is 4.78. The highest BCUT2D eigenvalue weighted by molar-refractivity contribution is 6.42. The monoisotopic (exact) mass is 537 g/mol. The number of likely N-dealkylation sites (tertiary alicyclic amines) is 1. The van der Waals surface area contributed by atoms with Crippen molar-refractivity contribution in [1.29, 1.82) is 0 Å². The molecule has 1 aliphatic rings. The molecule has 2 N–H and O–H groups in total. The number of hydrogen-bond acceptors (Lipinski definition) is 6. The summed E-state index contributed by atoms with van der Waals surface area (Å²) < 4.78 is 16.7. The Hall–Kier alpha value is -2.68. The van der Waals surface area contributed by atoms with E-state index in [0.29, 0.717) is 34.4 Å². The third kappa shape index (κ3) is 9.41. The minimum Gasteiger partial charge on any atom is -0.492 e. The molecule has 1 saturated heterocycles. The van der Waals surface area contributed by atoms with E-state index in [-0.39, 0.29) is 24.7 Å². The Labute approximate surface area is 222 Å². The number of benzene rings is 2. The molecule has 3 rings (SSSR count). The second kappa shape index (κ2) is 14.2. The van der Waals surface area contributed by atoms with Gasteiger partial charge in [0.2, 0.25) is 0 Å². The Balaban J connectivity index is 1.33. The van der Waals surface area contributed by atoms with Crippen LogP contribution in [0.4, 0.5) is 4.79 Å². The Morgan fingerprint density at radius 3 is 2.50 bits per heavy atom. The fourth-order valence-electron chi connectivity index (χ4n) is 3.73. The molecule has 0 saturated carbocycles. The van der Waals surface area contributed by atoms with E-state index >= 15 is 0 Å². The molecule has 0 aliphatic carbocycles. The summed E-state index contributed by atoms with van der Waals surface area (Å²) in [6, 6.07) is 12.3. The second-order valence-electron chi connectivity index (χ2n) is 8.75. The highest BCUT2D eigenvalue weighted by Crippen LogP contribution is 2.28. The van der Waals surface area contributed by atoms with Gasteiger partial charge >= 0.3 is 6.09 Å². The van der Waals surface area contributed by atoms with Crippen LogP contribution in [0.5, 0.6) is 11.5 Å². The second-order valence-corrected chi connectivity index (χ2v) is 9.56. The van der Waals surface area contributed by atoms with Gasteiger partial charge in [-0.1, -0.05) is 29.3 Å². The van der Waals surface area contributed by atoms with Crippen molar-refractivity contribution < 1.29 is 23.8 Å². The van der Waals surface area contributed by atoms with Crippen molar-refractivity contribution >= 4 is 35.2 Å². The van der Waals surface area contributed by atoms with Gasteiger partial charge in [0, 0.05) is 37.8 Å². The SMILES string of the molecule is CC(C)OC(=O)NCCOc1cccc(C(=O)NCCN2CCC(Oc3ccc(Cl)c(Cl)c3)CC2)c1. The summed E-state index contributed by atoms with van der Waals surface area (Å²) in [6.07, 6.45) is 1.27. The van der Waals surface area contributed by atoms with E-state index in [0.717, 1.165) is 38.2 Å². The smallest absolute Gasteiger partial charge is 0.407 e. The van der Waals surface area contributed by atoms with Crippen molar-refractivity contribution in [2.45, 2.75) is 38.9 Å². The zero-order chi connectivity index (χ0) is 25.9. The average molecular weight is 538 g/mol. The topological polar surface area (TPSA) is 89.1 Å². The fraction of sp³-hybridized carbons (Fsp3) is 0.462. The number of nitrogens with one attached hydrogen (secondary N) is 2. The van der Waals surface area contributed by atoms with Crippen LogP contribution in [0.2, 0.25) is 10.0 Å². The number of hydrogen-bond donors (Lipinski definition) is 2. The van der Waals surface area contributed by atoms with Crippen LogP contribution < -0.4 is 20.1 Å². The van der Waals surface area contributed by atoms with Crippen LogP contribution >= 0.6 is 23.2 Å². The summed E-state index contributed by atoms with van der Waals surface area (Å²) in [6.45, 7) is 7.23. The summed E-state index contributed by atoms with van der Waals surface area (Å²) in [5.74, 6) is 1.13. The molecule has 0 aromatic heterocycles. The van der Waals surface area contributed by atoms with E-state index in [9.17, 15) is 9.59 Å². The van der Waals surface area contributed by atoms with Gasteiger partial charge in [0.25, 0.3) is 5.91 Å². The number of alkyl carbamates (subject to hydrolysis) is 1. The third-order valence-corrected chi connectivity index (χ3v) is 6.26. The predicted molar refractivity (Wildman–Crippen MR) is 140 cm³/mol. The molecular formula is C26H33Cl2N3O5. The average Bonchev–Trinajstić information content (AvgIpc) is 2.85. The van der Waals surface area contributed by atoms with Crippen LogP contribution in [-0.4, -0.2) is 68.4 Å². The van der Waals surface area contributed by atoms with Gasteiger partial charge in [-0.3, -0.25) is 4.79 Å². The van der Waals surface area contributed by atoms with Gasteiger partial charge in [-0.15, -0.1) is 0 Å². The maximum absolute atomic E-state index is 12.6. The summed E-state index contributed by atoms with van der Waals surface area (Å²) in [7, 11) is 0. The first kappa shape index (κ1) is 27.9. The quantitative estimate of drug-likeness (QED) is 0.401. The summed E-state index contributed by atoms with van der Waals surface area (Å²) >= 11 is 12.0. The van der Waals surface area contributed by atoms with E-state index < -0.39 is 6.09 Å². The van der Waals surface area contributed by atoms with E-state index in [1.54, 1.807) is 50.2 Å². The lowest BCUT2D eigenvalue weighted by Gasteiger charge is -2.32. The molecule has 1 heterocycles. The zero-order valence-corrected chi connectivity index (χ0v) is 22.1. The van der Waals surface area contributed by atoms with E-state index in [4.69, 9.17) is 37.4 Å². The molecule has 1 fully saturated rings. The molecule has 36 heavy (non-hydrogen) atoms. The van der Waals surface area contributed by atoms with Crippen molar-refractivity contribution in [3.63, 3.8) is 0 Å². The molecular weight excluding hydrogens is 505 g/mol. The number of carbonyl (C=O) groups is 2. The van der Waals surface area contributed by atoms with E-state index in [1.165, 1.54) is 0 Å². The number of amides is 2.